The van der Waals surface area contributed by atoms with Gasteiger partial charge in [0.2, 0.25) is 0 Å². The molecule has 0 amide bonds. The number of methoxy groups -OCH3 is 2. The summed E-state index contributed by atoms with van der Waals surface area (Å²) in [6, 6.07) is 6.99. The lowest BCUT2D eigenvalue weighted by Crippen LogP contribution is -2.69. The molecule has 3 fully saturated rings. The third-order valence-corrected chi connectivity index (χ3v) is 7.51. The van der Waals surface area contributed by atoms with Crippen LogP contribution in [-0.4, -0.2) is 65.1 Å². The van der Waals surface area contributed by atoms with E-state index in [1.807, 2.05) is 13.1 Å². The van der Waals surface area contributed by atoms with Crippen LogP contribution in [0.1, 0.15) is 45.4 Å². The molecule has 2 unspecified atom stereocenters. The van der Waals surface area contributed by atoms with Crippen LogP contribution in [0.2, 0.25) is 0 Å². The molecule has 2 aliphatic carbocycles. The first kappa shape index (κ1) is 25.2. The standard InChI is InChI=1S/C24H38N4O3.HI/c1-5-31-22-16-21(24(22)9-6-10-24)27-23(25-2)26-17-7-11-28(12-8-17)18-13-19(29-3)15-20(14-18)30-4;/h13-15,17,21-22H,5-12,16H2,1-4H3,(H2,25,26,27);1H. The van der Waals surface area contributed by atoms with Gasteiger partial charge in [0.15, 0.2) is 5.96 Å². The summed E-state index contributed by atoms with van der Waals surface area (Å²) in [5.74, 6) is 2.60. The van der Waals surface area contributed by atoms with Gasteiger partial charge in [0.05, 0.1) is 20.3 Å². The topological polar surface area (TPSA) is 67.4 Å². The zero-order valence-electron chi connectivity index (χ0n) is 19.9. The van der Waals surface area contributed by atoms with E-state index in [2.05, 4.69) is 39.6 Å². The molecule has 1 spiro atoms. The predicted octanol–water partition coefficient (Wildman–Crippen LogP) is 3.80. The van der Waals surface area contributed by atoms with Crippen molar-refractivity contribution in [1.29, 1.82) is 0 Å². The van der Waals surface area contributed by atoms with E-state index in [1.54, 1.807) is 14.2 Å². The molecule has 2 N–H and O–H groups in total. The number of rotatable bonds is 7. The monoisotopic (exact) mass is 558 g/mol. The number of hydrogen-bond donors (Lipinski definition) is 2. The summed E-state index contributed by atoms with van der Waals surface area (Å²) in [5.41, 5.74) is 1.49. The first-order chi connectivity index (χ1) is 15.1. The lowest BCUT2D eigenvalue weighted by Gasteiger charge is -2.61. The fourth-order valence-electron chi connectivity index (χ4n) is 5.43. The van der Waals surface area contributed by atoms with Crippen molar-refractivity contribution in [3.8, 4) is 11.5 Å². The van der Waals surface area contributed by atoms with Gasteiger partial charge in [-0.15, -0.1) is 24.0 Å². The Kier molecular flexibility index (Phi) is 8.77. The number of hydrogen-bond acceptors (Lipinski definition) is 5. The van der Waals surface area contributed by atoms with Crippen LogP contribution in [-0.2, 0) is 4.74 Å². The molecule has 1 aromatic carbocycles. The Balaban J connectivity index is 0.00000289. The second-order valence-corrected chi connectivity index (χ2v) is 9.01. The number of halogens is 1. The van der Waals surface area contributed by atoms with E-state index < -0.39 is 0 Å². The first-order valence-corrected chi connectivity index (χ1v) is 11.7. The fourth-order valence-corrected chi connectivity index (χ4v) is 5.43. The van der Waals surface area contributed by atoms with Crippen LogP contribution in [0.3, 0.4) is 0 Å². The van der Waals surface area contributed by atoms with Gasteiger partial charge in [0.25, 0.3) is 0 Å². The van der Waals surface area contributed by atoms with Gasteiger partial charge in [-0.05, 0) is 39.0 Å². The molecule has 0 aromatic heterocycles. The average Bonchev–Trinajstić information content (AvgIpc) is 2.76. The van der Waals surface area contributed by atoms with Gasteiger partial charge in [-0.3, -0.25) is 4.99 Å². The van der Waals surface area contributed by atoms with Gasteiger partial charge in [-0.2, -0.15) is 0 Å². The van der Waals surface area contributed by atoms with E-state index in [0.717, 1.165) is 62.1 Å². The number of ether oxygens (including phenoxy) is 3. The van der Waals surface area contributed by atoms with Crippen molar-refractivity contribution in [2.75, 3.05) is 45.9 Å². The number of benzene rings is 1. The van der Waals surface area contributed by atoms with Crippen LogP contribution in [0.5, 0.6) is 11.5 Å². The Morgan fingerprint density at radius 3 is 2.25 bits per heavy atom. The van der Waals surface area contributed by atoms with E-state index in [-0.39, 0.29) is 24.0 Å². The third kappa shape index (κ3) is 5.05. The van der Waals surface area contributed by atoms with Crippen molar-refractivity contribution in [3.63, 3.8) is 0 Å². The van der Waals surface area contributed by atoms with Gasteiger partial charge in [0.1, 0.15) is 11.5 Å². The number of guanidine groups is 1. The van der Waals surface area contributed by atoms with Gasteiger partial charge in [0, 0.05) is 68.1 Å². The summed E-state index contributed by atoms with van der Waals surface area (Å²) in [6.07, 6.45) is 7.51. The molecule has 1 heterocycles. The number of anilines is 1. The van der Waals surface area contributed by atoms with Crippen molar-refractivity contribution in [1.82, 2.24) is 10.6 Å². The Hall–Kier alpha value is -1.42. The molecular weight excluding hydrogens is 519 g/mol. The zero-order valence-corrected chi connectivity index (χ0v) is 22.2. The van der Waals surface area contributed by atoms with E-state index >= 15 is 0 Å². The normalized spacial score (nSPS) is 24.8. The molecule has 1 aromatic rings. The van der Waals surface area contributed by atoms with Gasteiger partial charge in [-0.1, -0.05) is 6.42 Å². The Bertz CT molecular complexity index is 756. The Morgan fingerprint density at radius 2 is 1.75 bits per heavy atom. The SMILES string of the molecule is CCOC1CC(NC(=NC)NC2CCN(c3cc(OC)cc(OC)c3)CC2)C12CCC2.I. The highest BCUT2D eigenvalue weighted by Gasteiger charge is 2.59. The lowest BCUT2D eigenvalue weighted by atomic mass is 9.51. The molecule has 0 bridgehead atoms. The minimum Gasteiger partial charge on any atom is -0.497 e. The van der Waals surface area contributed by atoms with Crippen molar-refractivity contribution >= 4 is 35.6 Å². The molecule has 32 heavy (non-hydrogen) atoms. The highest BCUT2D eigenvalue weighted by atomic mass is 127. The first-order valence-electron chi connectivity index (χ1n) is 11.7. The number of nitrogens with zero attached hydrogens (tertiary/aromatic N) is 2. The minimum absolute atomic E-state index is 0. The van der Waals surface area contributed by atoms with E-state index in [4.69, 9.17) is 14.2 Å². The molecule has 2 saturated carbocycles. The Labute approximate surface area is 209 Å². The van der Waals surface area contributed by atoms with Crippen LogP contribution in [0, 0.1) is 5.41 Å². The maximum atomic E-state index is 5.99. The van der Waals surface area contributed by atoms with Crippen LogP contribution < -0.4 is 25.0 Å². The van der Waals surface area contributed by atoms with Gasteiger partial charge < -0.3 is 29.7 Å². The van der Waals surface area contributed by atoms with Crippen molar-refractivity contribution in [2.24, 2.45) is 10.4 Å². The van der Waals surface area contributed by atoms with Crippen molar-refractivity contribution < 1.29 is 14.2 Å². The summed E-state index contributed by atoms with van der Waals surface area (Å²) < 4.78 is 16.9. The lowest BCUT2D eigenvalue weighted by molar-refractivity contribution is -0.168. The Morgan fingerprint density at radius 1 is 1.09 bits per heavy atom. The van der Waals surface area contributed by atoms with E-state index in [1.165, 1.54) is 19.3 Å². The molecule has 8 heteroatoms. The second-order valence-electron chi connectivity index (χ2n) is 9.01. The van der Waals surface area contributed by atoms with E-state index in [9.17, 15) is 0 Å². The number of piperidine rings is 1. The van der Waals surface area contributed by atoms with Crippen LogP contribution >= 0.6 is 24.0 Å². The van der Waals surface area contributed by atoms with Gasteiger partial charge in [-0.25, -0.2) is 0 Å². The molecule has 2 atom stereocenters. The number of nitrogens with one attached hydrogen (secondary N) is 2. The molecular formula is C24H39IN4O3. The molecule has 1 saturated heterocycles. The predicted molar refractivity (Wildman–Crippen MR) is 140 cm³/mol. The van der Waals surface area contributed by atoms with Gasteiger partial charge >= 0.3 is 0 Å². The maximum absolute atomic E-state index is 5.99. The highest BCUT2D eigenvalue weighted by molar-refractivity contribution is 14.0. The quantitative estimate of drug-likeness (QED) is 0.302. The molecule has 0 radical (unpaired) electrons. The van der Waals surface area contributed by atoms with Crippen molar-refractivity contribution in [2.45, 2.75) is 63.6 Å². The fraction of sp³-hybridized carbons (Fsp3) is 0.708. The molecule has 1 aliphatic heterocycles. The zero-order chi connectivity index (χ0) is 21.8. The highest BCUT2D eigenvalue weighted by Crippen LogP contribution is 2.57. The number of aliphatic imine (C=N–C) groups is 1. The second kappa shape index (κ2) is 11.1. The van der Waals surface area contributed by atoms with Crippen LogP contribution in [0.15, 0.2) is 23.2 Å². The summed E-state index contributed by atoms with van der Waals surface area (Å²) in [4.78, 5) is 6.93. The molecule has 7 nitrogen and oxygen atoms in total. The smallest absolute Gasteiger partial charge is 0.191 e. The third-order valence-electron chi connectivity index (χ3n) is 7.51. The molecule has 180 valence electrons. The maximum Gasteiger partial charge on any atom is 0.191 e. The van der Waals surface area contributed by atoms with Crippen molar-refractivity contribution in [3.05, 3.63) is 18.2 Å². The molecule has 3 aliphatic rings. The largest absolute Gasteiger partial charge is 0.497 e. The van der Waals surface area contributed by atoms with Crippen LogP contribution in [0.4, 0.5) is 5.69 Å². The summed E-state index contributed by atoms with van der Waals surface area (Å²) >= 11 is 0. The summed E-state index contributed by atoms with van der Waals surface area (Å²) in [5, 5.41) is 7.39. The molecule has 4 rings (SSSR count). The minimum atomic E-state index is 0. The summed E-state index contributed by atoms with van der Waals surface area (Å²) in [6.45, 7) is 4.89. The van der Waals surface area contributed by atoms with E-state index in [0.29, 0.717) is 23.6 Å². The van der Waals surface area contributed by atoms with Crippen LogP contribution in [0.25, 0.3) is 0 Å². The average molecular weight is 559 g/mol. The summed E-state index contributed by atoms with van der Waals surface area (Å²) in [7, 11) is 5.26.